The number of nitrogens with zero attached hydrogens (tertiary/aromatic N) is 2. The first-order valence-corrected chi connectivity index (χ1v) is 8.56. The van der Waals surface area contributed by atoms with Gasteiger partial charge in [0.15, 0.2) is 5.69 Å². The van der Waals surface area contributed by atoms with Gasteiger partial charge < -0.3 is 14.2 Å². The molecule has 0 atom stereocenters. The highest BCUT2D eigenvalue weighted by molar-refractivity contribution is 5.90. The van der Waals surface area contributed by atoms with E-state index < -0.39 is 17.7 Å². The number of amides is 1. The number of hydrogen-bond acceptors (Lipinski definition) is 6. The lowest BCUT2D eigenvalue weighted by molar-refractivity contribution is 0.0590. The van der Waals surface area contributed by atoms with Crippen LogP contribution in [0.4, 0.5) is 10.6 Å². The fourth-order valence-corrected chi connectivity index (χ4v) is 2.22. The van der Waals surface area contributed by atoms with Crippen molar-refractivity contribution in [1.82, 2.24) is 9.78 Å². The quantitative estimate of drug-likeness (QED) is 0.590. The van der Waals surface area contributed by atoms with E-state index in [1.165, 1.54) is 17.9 Å². The summed E-state index contributed by atoms with van der Waals surface area (Å²) in [5.74, 6) is -0.265. The lowest BCUT2D eigenvalue weighted by atomic mass is 10.2. The average Bonchev–Trinajstić information content (AvgIpc) is 3.00. The summed E-state index contributed by atoms with van der Waals surface area (Å²) in [6.07, 6.45) is -0.634. The van der Waals surface area contributed by atoms with Crippen LogP contribution in [0.3, 0.4) is 0 Å². The molecule has 0 spiro atoms. The van der Waals surface area contributed by atoms with Crippen molar-refractivity contribution in [3.63, 3.8) is 0 Å². The number of carbonyl (C=O) groups is 2. The molecule has 0 bridgehead atoms. The Bertz CT molecular complexity index is 765. The van der Waals surface area contributed by atoms with Crippen LogP contribution in [0.2, 0.25) is 0 Å². The zero-order valence-corrected chi connectivity index (χ0v) is 16.0. The van der Waals surface area contributed by atoms with Crippen molar-refractivity contribution < 1.29 is 23.8 Å². The zero-order valence-electron chi connectivity index (χ0n) is 16.0. The van der Waals surface area contributed by atoms with Crippen molar-refractivity contribution in [2.75, 3.05) is 19.0 Å². The molecule has 0 unspecified atom stereocenters. The minimum absolute atomic E-state index is 0.0895. The highest BCUT2D eigenvalue weighted by Crippen LogP contribution is 2.15. The largest absolute Gasteiger partial charge is 0.464 e. The highest BCUT2D eigenvalue weighted by Gasteiger charge is 2.20. The fourth-order valence-electron chi connectivity index (χ4n) is 2.22. The van der Waals surface area contributed by atoms with Gasteiger partial charge in [0, 0.05) is 6.07 Å². The second-order valence-electron chi connectivity index (χ2n) is 6.79. The van der Waals surface area contributed by atoms with Gasteiger partial charge in [-0.3, -0.25) is 5.32 Å². The summed E-state index contributed by atoms with van der Waals surface area (Å²) in [7, 11) is 1.27. The molecule has 1 heterocycles. The fraction of sp³-hybridized carbons (Fsp3) is 0.421. The topological polar surface area (TPSA) is 91.7 Å². The van der Waals surface area contributed by atoms with Crippen LogP contribution in [0.15, 0.2) is 36.4 Å². The number of anilines is 1. The Labute approximate surface area is 158 Å². The molecule has 2 rings (SSSR count). The van der Waals surface area contributed by atoms with Gasteiger partial charge >= 0.3 is 12.1 Å². The summed E-state index contributed by atoms with van der Waals surface area (Å²) >= 11 is 0. The lowest BCUT2D eigenvalue weighted by Gasteiger charge is -2.19. The van der Waals surface area contributed by atoms with Crippen LogP contribution in [0, 0.1) is 0 Å². The van der Waals surface area contributed by atoms with Gasteiger partial charge in [0.1, 0.15) is 11.4 Å². The Balaban J connectivity index is 2.00. The number of methoxy groups -OCH3 is 1. The first kappa shape index (κ1) is 20.4. The Morgan fingerprint density at radius 1 is 1.19 bits per heavy atom. The van der Waals surface area contributed by atoms with Gasteiger partial charge in [0.05, 0.1) is 26.9 Å². The third-order valence-electron chi connectivity index (χ3n) is 3.36. The van der Waals surface area contributed by atoms with Gasteiger partial charge in [-0.1, -0.05) is 30.3 Å². The maximum absolute atomic E-state index is 12.0. The van der Waals surface area contributed by atoms with E-state index >= 15 is 0 Å². The van der Waals surface area contributed by atoms with E-state index in [4.69, 9.17) is 9.47 Å². The maximum Gasteiger partial charge on any atom is 0.413 e. The number of benzene rings is 1. The van der Waals surface area contributed by atoms with E-state index in [9.17, 15) is 9.59 Å². The Morgan fingerprint density at radius 3 is 2.52 bits per heavy atom. The summed E-state index contributed by atoms with van der Waals surface area (Å²) in [5, 5.41) is 6.77. The third-order valence-corrected chi connectivity index (χ3v) is 3.36. The number of carbonyl (C=O) groups excluding carboxylic acids is 2. The molecule has 8 nitrogen and oxygen atoms in total. The molecule has 1 aromatic heterocycles. The monoisotopic (exact) mass is 375 g/mol. The minimum atomic E-state index is -0.640. The van der Waals surface area contributed by atoms with Crippen molar-refractivity contribution in [3.8, 4) is 0 Å². The molecule has 27 heavy (non-hydrogen) atoms. The summed E-state index contributed by atoms with van der Waals surface area (Å²) < 4.78 is 17.0. The number of hydrogen-bond donors (Lipinski definition) is 1. The van der Waals surface area contributed by atoms with E-state index in [-0.39, 0.29) is 5.69 Å². The van der Waals surface area contributed by atoms with Gasteiger partial charge in [0.2, 0.25) is 0 Å². The molecule has 0 radical (unpaired) electrons. The molecule has 1 N–H and O–H groups in total. The SMILES string of the molecule is COC(=O)c1cc(NC(=O)OC(C)(C)C)n(CCOCc2ccccc2)n1. The van der Waals surface area contributed by atoms with Crippen molar-refractivity contribution >= 4 is 17.9 Å². The lowest BCUT2D eigenvalue weighted by Crippen LogP contribution is -2.28. The molecule has 1 amide bonds. The van der Waals surface area contributed by atoms with Crippen molar-refractivity contribution in [1.29, 1.82) is 0 Å². The van der Waals surface area contributed by atoms with Crippen LogP contribution in [0.25, 0.3) is 0 Å². The molecule has 2 aromatic rings. The van der Waals surface area contributed by atoms with Crippen LogP contribution in [0.5, 0.6) is 0 Å². The van der Waals surface area contributed by atoms with Crippen molar-refractivity contribution in [2.24, 2.45) is 0 Å². The summed E-state index contributed by atoms with van der Waals surface area (Å²) in [4.78, 5) is 23.8. The standard InChI is InChI=1S/C19H25N3O5/c1-19(2,3)27-18(24)20-16-12-15(17(23)25-4)21-22(16)10-11-26-13-14-8-6-5-7-9-14/h5-9,12H,10-11,13H2,1-4H3,(H,20,24). The zero-order chi connectivity index (χ0) is 19.9. The van der Waals surface area contributed by atoms with Crippen LogP contribution in [-0.2, 0) is 27.4 Å². The predicted octanol–water partition coefficient (Wildman–Crippen LogP) is 3.23. The molecule has 8 heteroatoms. The van der Waals surface area contributed by atoms with E-state index in [0.717, 1.165) is 5.56 Å². The summed E-state index contributed by atoms with van der Waals surface area (Å²) in [5.41, 5.74) is 0.505. The molecule has 0 fully saturated rings. The predicted molar refractivity (Wildman–Crippen MR) is 99.5 cm³/mol. The van der Waals surface area contributed by atoms with Gasteiger partial charge in [-0.25, -0.2) is 14.3 Å². The number of esters is 1. The second kappa shape index (κ2) is 9.18. The Hall–Kier alpha value is -2.87. The first-order chi connectivity index (χ1) is 12.8. The smallest absolute Gasteiger partial charge is 0.413 e. The first-order valence-electron chi connectivity index (χ1n) is 8.56. The van der Waals surface area contributed by atoms with Crippen LogP contribution < -0.4 is 5.32 Å². The Kier molecular flexibility index (Phi) is 6.95. The molecule has 1 aromatic carbocycles. The van der Waals surface area contributed by atoms with Crippen molar-refractivity contribution in [2.45, 2.75) is 39.5 Å². The molecule has 0 saturated carbocycles. The molecule has 0 aliphatic heterocycles. The van der Waals surface area contributed by atoms with Crippen LogP contribution >= 0.6 is 0 Å². The second-order valence-corrected chi connectivity index (χ2v) is 6.79. The van der Waals surface area contributed by atoms with Gasteiger partial charge in [-0.15, -0.1) is 0 Å². The van der Waals surface area contributed by atoms with Crippen LogP contribution in [-0.4, -0.2) is 41.2 Å². The van der Waals surface area contributed by atoms with Gasteiger partial charge in [-0.05, 0) is 26.3 Å². The van der Waals surface area contributed by atoms with E-state index in [2.05, 4.69) is 15.2 Å². The van der Waals surface area contributed by atoms with Crippen molar-refractivity contribution in [3.05, 3.63) is 47.7 Å². The minimum Gasteiger partial charge on any atom is -0.464 e. The molecule has 0 aliphatic rings. The van der Waals surface area contributed by atoms with Gasteiger partial charge in [-0.2, -0.15) is 5.10 Å². The molecular weight excluding hydrogens is 350 g/mol. The van der Waals surface area contributed by atoms with E-state index in [1.807, 2.05) is 30.3 Å². The van der Waals surface area contributed by atoms with Gasteiger partial charge in [0.25, 0.3) is 0 Å². The van der Waals surface area contributed by atoms with E-state index in [1.54, 1.807) is 20.8 Å². The number of ether oxygens (including phenoxy) is 3. The maximum atomic E-state index is 12.0. The molecular formula is C19H25N3O5. The molecule has 146 valence electrons. The normalized spacial score (nSPS) is 11.1. The molecule has 0 saturated heterocycles. The summed E-state index contributed by atoms with van der Waals surface area (Å²) in [6.45, 7) is 6.44. The van der Waals surface area contributed by atoms with Crippen LogP contribution in [0.1, 0.15) is 36.8 Å². The highest BCUT2D eigenvalue weighted by atomic mass is 16.6. The average molecular weight is 375 g/mol. The third kappa shape index (κ3) is 6.74. The Morgan fingerprint density at radius 2 is 1.89 bits per heavy atom. The number of nitrogens with one attached hydrogen (secondary N) is 1. The summed E-state index contributed by atoms with van der Waals surface area (Å²) in [6, 6.07) is 11.2. The van der Waals surface area contributed by atoms with E-state index in [0.29, 0.717) is 25.6 Å². The number of rotatable bonds is 7. The molecule has 0 aliphatic carbocycles. The number of aromatic nitrogens is 2.